The molecule has 0 aliphatic carbocycles. The largest absolute Gasteiger partial charge is 0.387 e. The maximum Gasteiger partial charge on any atom is 0.323 e. The highest BCUT2D eigenvalue weighted by molar-refractivity contribution is 5.88. The number of nitrogens with one attached hydrogen (secondary N) is 1. The number of anilines is 1. The van der Waals surface area contributed by atoms with Gasteiger partial charge in [0.05, 0.1) is 12.6 Å². The molecule has 1 heterocycles. The summed E-state index contributed by atoms with van der Waals surface area (Å²) >= 11 is 0. The highest BCUT2D eigenvalue weighted by Crippen LogP contribution is 2.16. The highest BCUT2D eigenvalue weighted by atomic mass is 19.1. The van der Waals surface area contributed by atoms with Crippen molar-refractivity contribution in [2.75, 3.05) is 18.4 Å². The van der Waals surface area contributed by atoms with Crippen LogP contribution >= 0.6 is 0 Å². The van der Waals surface area contributed by atoms with E-state index in [2.05, 4.69) is 10.4 Å². The van der Waals surface area contributed by atoms with E-state index in [4.69, 9.17) is 0 Å². The van der Waals surface area contributed by atoms with Gasteiger partial charge >= 0.3 is 6.03 Å². The number of benzene rings is 1. The molecule has 1 aromatic heterocycles. The summed E-state index contributed by atoms with van der Waals surface area (Å²) < 4.78 is 14.6. The van der Waals surface area contributed by atoms with Gasteiger partial charge in [0, 0.05) is 25.9 Å². The van der Waals surface area contributed by atoms with Crippen LogP contribution < -0.4 is 5.32 Å². The lowest BCUT2D eigenvalue weighted by atomic mass is 10.1. The zero-order valence-corrected chi connectivity index (χ0v) is 14.1. The van der Waals surface area contributed by atoms with Gasteiger partial charge in [-0.15, -0.1) is 0 Å². The van der Waals surface area contributed by atoms with Gasteiger partial charge < -0.3 is 10.0 Å². The molecule has 0 radical (unpaired) electrons. The molecule has 2 rings (SSSR count). The summed E-state index contributed by atoms with van der Waals surface area (Å²) in [4.78, 5) is 14.0. The van der Waals surface area contributed by atoms with Gasteiger partial charge in [-0.05, 0) is 23.6 Å². The molecule has 1 unspecified atom stereocenters. The number of rotatable bonds is 6. The minimum atomic E-state index is -0.890. The van der Waals surface area contributed by atoms with Crippen molar-refractivity contribution in [3.8, 4) is 0 Å². The molecular weight excluding hydrogens is 311 g/mol. The van der Waals surface area contributed by atoms with Crippen LogP contribution in [-0.4, -0.2) is 38.9 Å². The van der Waals surface area contributed by atoms with Gasteiger partial charge in [-0.2, -0.15) is 5.10 Å². The quantitative estimate of drug-likeness (QED) is 0.853. The predicted octanol–water partition coefficient (Wildman–Crippen LogP) is 2.78. The number of carbonyl (C=O) groups is 1. The van der Waals surface area contributed by atoms with E-state index < -0.39 is 6.10 Å². The molecule has 1 aromatic carbocycles. The fraction of sp³-hybridized carbons (Fsp3) is 0.412. The van der Waals surface area contributed by atoms with Crippen molar-refractivity contribution < 1.29 is 14.3 Å². The van der Waals surface area contributed by atoms with Gasteiger partial charge in [0.25, 0.3) is 0 Å². The van der Waals surface area contributed by atoms with Crippen molar-refractivity contribution in [2.24, 2.45) is 13.0 Å². The van der Waals surface area contributed by atoms with E-state index in [1.165, 1.54) is 29.2 Å². The van der Waals surface area contributed by atoms with Crippen molar-refractivity contribution in [3.05, 3.63) is 47.9 Å². The Kier molecular flexibility index (Phi) is 5.92. The Labute approximate surface area is 140 Å². The fourth-order valence-electron chi connectivity index (χ4n) is 2.35. The first-order chi connectivity index (χ1) is 11.3. The zero-order chi connectivity index (χ0) is 17.7. The average Bonchev–Trinajstić information content (AvgIpc) is 2.91. The Hall–Kier alpha value is -2.41. The van der Waals surface area contributed by atoms with E-state index in [1.54, 1.807) is 24.0 Å². The van der Waals surface area contributed by atoms with Crippen molar-refractivity contribution in [3.63, 3.8) is 0 Å². The van der Waals surface area contributed by atoms with E-state index >= 15 is 0 Å². The standard InChI is InChI=1S/C17H23FN4O2/c1-12(2)10-22(17(24)19-16-8-9-21(3)20-16)11-15(23)13-4-6-14(18)7-5-13/h4-9,12,15,23H,10-11H2,1-3H3,(H,19,20,24). The summed E-state index contributed by atoms with van der Waals surface area (Å²) in [5.41, 5.74) is 0.566. The van der Waals surface area contributed by atoms with Crippen LogP contribution in [0.2, 0.25) is 0 Å². The van der Waals surface area contributed by atoms with E-state index in [0.717, 1.165) is 0 Å². The van der Waals surface area contributed by atoms with Crippen LogP contribution in [-0.2, 0) is 7.05 Å². The topological polar surface area (TPSA) is 70.4 Å². The van der Waals surface area contributed by atoms with Crippen LogP contribution in [0, 0.1) is 11.7 Å². The molecule has 7 heteroatoms. The predicted molar refractivity (Wildman–Crippen MR) is 90.0 cm³/mol. The van der Waals surface area contributed by atoms with Crippen LogP contribution in [0.25, 0.3) is 0 Å². The molecule has 24 heavy (non-hydrogen) atoms. The number of aromatic nitrogens is 2. The Morgan fingerprint density at radius 2 is 1.96 bits per heavy atom. The molecule has 2 aromatic rings. The normalized spacial score (nSPS) is 12.2. The third kappa shape index (κ3) is 5.06. The molecule has 0 spiro atoms. The van der Waals surface area contributed by atoms with E-state index in [1.807, 2.05) is 13.8 Å². The van der Waals surface area contributed by atoms with Crippen LogP contribution in [0.4, 0.5) is 15.0 Å². The van der Waals surface area contributed by atoms with Gasteiger partial charge in [0.15, 0.2) is 5.82 Å². The second kappa shape index (κ2) is 7.92. The molecule has 2 amide bonds. The monoisotopic (exact) mass is 334 g/mol. The van der Waals surface area contributed by atoms with Gasteiger partial charge in [-0.3, -0.25) is 10.00 Å². The third-order valence-electron chi connectivity index (χ3n) is 3.47. The van der Waals surface area contributed by atoms with E-state index in [-0.39, 0.29) is 24.3 Å². The van der Waals surface area contributed by atoms with Crippen LogP contribution in [0.15, 0.2) is 36.5 Å². The Balaban J connectivity index is 2.06. The molecule has 130 valence electrons. The molecule has 2 N–H and O–H groups in total. The number of carbonyl (C=O) groups excluding carboxylic acids is 1. The Bertz CT molecular complexity index is 669. The second-order valence-corrected chi connectivity index (χ2v) is 6.17. The SMILES string of the molecule is CC(C)CN(CC(O)c1ccc(F)cc1)C(=O)Nc1ccn(C)n1. The third-order valence-corrected chi connectivity index (χ3v) is 3.47. The molecule has 0 bridgehead atoms. The Morgan fingerprint density at radius 3 is 2.50 bits per heavy atom. The number of aliphatic hydroxyl groups excluding tert-OH is 1. The molecule has 6 nitrogen and oxygen atoms in total. The maximum absolute atomic E-state index is 13.0. The van der Waals surface area contributed by atoms with Gasteiger partial charge in [-0.25, -0.2) is 9.18 Å². The van der Waals surface area contributed by atoms with Crippen molar-refractivity contribution in [1.82, 2.24) is 14.7 Å². The number of nitrogens with zero attached hydrogens (tertiary/aromatic N) is 3. The smallest absolute Gasteiger partial charge is 0.323 e. The molecular formula is C17H23FN4O2. The van der Waals surface area contributed by atoms with Crippen LogP contribution in [0.1, 0.15) is 25.5 Å². The number of halogens is 1. The maximum atomic E-state index is 13.0. The first kappa shape index (κ1) is 17.9. The minimum Gasteiger partial charge on any atom is -0.387 e. The lowest BCUT2D eigenvalue weighted by Gasteiger charge is -2.27. The van der Waals surface area contributed by atoms with Crippen molar-refractivity contribution >= 4 is 11.8 Å². The number of aryl methyl sites for hydroxylation is 1. The first-order valence-corrected chi connectivity index (χ1v) is 7.84. The molecule has 0 fully saturated rings. The van der Waals surface area contributed by atoms with Crippen LogP contribution in [0.5, 0.6) is 0 Å². The summed E-state index contributed by atoms with van der Waals surface area (Å²) in [6.07, 6.45) is 0.842. The molecule has 1 atom stereocenters. The minimum absolute atomic E-state index is 0.114. The lowest BCUT2D eigenvalue weighted by molar-refractivity contribution is 0.121. The lowest BCUT2D eigenvalue weighted by Crippen LogP contribution is -2.40. The summed E-state index contributed by atoms with van der Waals surface area (Å²) in [6.45, 7) is 4.58. The summed E-state index contributed by atoms with van der Waals surface area (Å²) in [5.74, 6) is 0.324. The fourth-order valence-corrected chi connectivity index (χ4v) is 2.35. The van der Waals surface area contributed by atoms with Crippen molar-refractivity contribution in [2.45, 2.75) is 20.0 Å². The first-order valence-electron chi connectivity index (χ1n) is 7.84. The number of amides is 2. The van der Waals surface area contributed by atoms with E-state index in [9.17, 15) is 14.3 Å². The highest BCUT2D eigenvalue weighted by Gasteiger charge is 2.20. The summed E-state index contributed by atoms with van der Waals surface area (Å²) in [7, 11) is 1.76. The number of urea groups is 1. The molecule has 0 saturated heterocycles. The van der Waals surface area contributed by atoms with Gasteiger partial charge in [0.1, 0.15) is 5.82 Å². The number of aliphatic hydroxyl groups is 1. The molecule has 0 saturated carbocycles. The van der Waals surface area contributed by atoms with Crippen molar-refractivity contribution in [1.29, 1.82) is 0 Å². The second-order valence-electron chi connectivity index (χ2n) is 6.17. The number of hydrogen-bond acceptors (Lipinski definition) is 3. The molecule has 0 aliphatic rings. The Morgan fingerprint density at radius 1 is 1.29 bits per heavy atom. The zero-order valence-electron chi connectivity index (χ0n) is 14.1. The average molecular weight is 334 g/mol. The van der Waals surface area contributed by atoms with Crippen LogP contribution in [0.3, 0.4) is 0 Å². The summed E-state index contributed by atoms with van der Waals surface area (Å²) in [5, 5.41) is 17.2. The van der Waals surface area contributed by atoms with Gasteiger partial charge in [0.2, 0.25) is 0 Å². The van der Waals surface area contributed by atoms with E-state index in [0.29, 0.717) is 17.9 Å². The number of hydrogen-bond donors (Lipinski definition) is 2. The molecule has 0 aliphatic heterocycles. The summed E-state index contributed by atoms with van der Waals surface area (Å²) in [6, 6.07) is 6.98. The van der Waals surface area contributed by atoms with Gasteiger partial charge in [-0.1, -0.05) is 26.0 Å².